The Morgan fingerprint density at radius 3 is 2.71 bits per heavy atom. The highest BCUT2D eigenvalue weighted by Crippen LogP contribution is 2.30. The van der Waals surface area contributed by atoms with Crippen LogP contribution in [0.4, 0.5) is 0 Å². The summed E-state index contributed by atoms with van der Waals surface area (Å²) in [6.45, 7) is 4.22. The Morgan fingerprint density at radius 2 is 2.14 bits per heavy atom. The lowest BCUT2D eigenvalue weighted by molar-refractivity contribution is -0.136. The fraction of sp³-hybridized carbons (Fsp3) is 0.889. The number of nitrogens with one attached hydrogen (secondary N) is 1. The molecule has 2 aliphatic rings. The van der Waals surface area contributed by atoms with Crippen LogP contribution in [0.15, 0.2) is 0 Å². The van der Waals surface area contributed by atoms with Gasteiger partial charge < -0.3 is 10.4 Å². The van der Waals surface area contributed by atoms with Crippen LogP contribution in [-0.4, -0.2) is 59.2 Å². The largest absolute Gasteiger partial charge is 0.480 e. The molecular weight excluding hydrogens is 200 g/mol. The molecule has 0 amide bonds. The number of carboxylic acid groups (broad SMARTS) is 1. The third kappa shape index (κ3) is 2.21. The van der Waals surface area contributed by atoms with Crippen molar-refractivity contribution in [3.8, 4) is 0 Å². The van der Waals surface area contributed by atoms with Crippen LogP contribution in [0, 0.1) is 0 Å². The molecule has 0 aromatic carbocycles. The second-order valence-electron chi connectivity index (χ2n) is 3.84. The first-order chi connectivity index (χ1) is 6.77. The number of thioether (sulfide) groups is 1. The molecule has 80 valence electrons. The van der Waals surface area contributed by atoms with Gasteiger partial charge in [0.1, 0.15) is 5.25 Å². The number of rotatable bonds is 2. The van der Waals surface area contributed by atoms with Crippen LogP contribution in [0.2, 0.25) is 0 Å². The highest BCUT2D eigenvalue weighted by atomic mass is 32.2. The molecule has 5 heteroatoms. The molecule has 14 heavy (non-hydrogen) atoms. The average Bonchev–Trinajstić information content (AvgIpc) is 2.68. The third-order valence-corrected chi connectivity index (χ3v) is 4.29. The number of hydrogen-bond donors (Lipinski definition) is 2. The lowest BCUT2D eigenvalue weighted by Crippen LogP contribution is -2.48. The maximum absolute atomic E-state index is 10.8. The summed E-state index contributed by atoms with van der Waals surface area (Å²) in [6, 6.07) is 0.489. The zero-order valence-corrected chi connectivity index (χ0v) is 8.92. The van der Waals surface area contributed by atoms with Gasteiger partial charge in [0.25, 0.3) is 0 Å². The first-order valence-corrected chi connectivity index (χ1v) is 6.11. The quantitative estimate of drug-likeness (QED) is 0.672. The van der Waals surface area contributed by atoms with Gasteiger partial charge in [0.2, 0.25) is 0 Å². The normalized spacial score (nSPS) is 34.6. The minimum atomic E-state index is -0.646. The van der Waals surface area contributed by atoms with Crippen LogP contribution >= 0.6 is 11.8 Å². The smallest absolute Gasteiger partial charge is 0.316 e. The minimum Gasteiger partial charge on any atom is -0.480 e. The van der Waals surface area contributed by atoms with Gasteiger partial charge in [0.15, 0.2) is 0 Å². The van der Waals surface area contributed by atoms with E-state index in [0.29, 0.717) is 6.04 Å². The van der Waals surface area contributed by atoms with E-state index in [-0.39, 0.29) is 5.25 Å². The first-order valence-electron chi connectivity index (χ1n) is 5.06. The maximum Gasteiger partial charge on any atom is 0.316 e. The molecule has 2 heterocycles. The molecule has 2 saturated heterocycles. The van der Waals surface area contributed by atoms with E-state index in [1.54, 1.807) is 11.8 Å². The minimum absolute atomic E-state index is 0.171. The maximum atomic E-state index is 10.8. The highest BCUT2D eigenvalue weighted by Gasteiger charge is 2.33. The van der Waals surface area contributed by atoms with E-state index in [2.05, 4.69) is 10.2 Å². The van der Waals surface area contributed by atoms with Crippen LogP contribution in [0.1, 0.15) is 6.42 Å². The molecule has 2 rings (SSSR count). The number of nitrogens with zero attached hydrogens (tertiary/aromatic N) is 1. The molecule has 2 unspecified atom stereocenters. The van der Waals surface area contributed by atoms with Crippen LogP contribution in [0.25, 0.3) is 0 Å². The number of hydrogen-bond acceptors (Lipinski definition) is 4. The Labute approximate surface area is 88.0 Å². The number of piperazine rings is 1. The van der Waals surface area contributed by atoms with E-state index < -0.39 is 5.97 Å². The van der Waals surface area contributed by atoms with E-state index in [9.17, 15) is 4.79 Å². The summed E-state index contributed by atoms with van der Waals surface area (Å²) >= 11 is 1.59. The summed E-state index contributed by atoms with van der Waals surface area (Å²) in [6.07, 6.45) is 0.819. The van der Waals surface area contributed by atoms with Gasteiger partial charge in [-0.15, -0.1) is 11.8 Å². The van der Waals surface area contributed by atoms with Crippen molar-refractivity contribution in [2.24, 2.45) is 0 Å². The Kier molecular flexibility index (Phi) is 3.30. The fourth-order valence-electron chi connectivity index (χ4n) is 2.08. The molecule has 2 fully saturated rings. The molecule has 0 aliphatic carbocycles. The monoisotopic (exact) mass is 216 g/mol. The summed E-state index contributed by atoms with van der Waals surface area (Å²) in [4.78, 5) is 13.2. The fourth-order valence-corrected chi connectivity index (χ4v) is 3.39. The topological polar surface area (TPSA) is 52.6 Å². The molecule has 2 N–H and O–H groups in total. The van der Waals surface area contributed by atoms with Crippen molar-refractivity contribution >= 4 is 17.7 Å². The molecule has 0 saturated carbocycles. The van der Waals surface area contributed by atoms with Gasteiger partial charge in [-0.1, -0.05) is 0 Å². The van der Waals surface area contributed by atoms with Gasteiger partial charge in [-0.25, -0.2) is 0 Å². The van der Waals surface area contributed by atoms with Crippen LogP contribution in [0.3, 0.4) is 0 Å². The average molecular weight is 216 g/mol. The SMILES string of the molecule is O=C(O)C1CC(N2CCNCC2)CS1. The Hall–Kier alpha value is -0.260. The van der Waals surface area contributed by atoms with Crippen molar-refractivity contribution < 1.29 is 9.90 Å². The van der Waals surface area contributed by atoms with Crippen LogP contribution in [-0.2, 0) is 4.79 Å². The van der Waals surface area contributed by atoms with Gasteiger partial charge in [-0.2, -0.15) is 0 Å². The molecule has 2 atom stereocenters. The first kappa shape index (κ1) is 10.3. The second kappa shape index (κ2) is 4.51. The number of carbonyl (C=O) groups is 1. The van der Waals surface area contributed by atoms with E-state index in [0.717, 1.165) is 38.4 Å². The number of carboxylic acids is 1. The molecule has 0 radical (unpaired) electrons. The summed E-state index contributed by atoms with van der Waals surface area (Å²) in [5, 5.41) is 12.0. The second-order valence-corrected chi connectivity index (χ2v) is 5.07. The van der Waals surface area contributed by atoms with Crippen molar-refractivity contribution in [2.45, 2.75) is 17.7 Å². The van der Waals surface area contributed by atoms with Gasteiger partial charge >= 0.3 is 5.97 Å². The van der Waals surface area contributed by atoms with E-state index in [1.807, 2.05) is 0 Å². The molecule has 2 aliphatic heterocycles. The predicted octanol–water partition coefficient (Wildman–Crippen LogP) is -0.150. The van der Waals surface area contributed by atoms with E-state index >= 15 is 0 Å². The van der Waals surface area contributed by atoms with Gasteiger partial charge in [0.05, 0.1) is 0 Å². The lowest BCUT2D eigenvalue weighted by atomic mass is 10.1. The molecule has 4 nitrogen and oxygen atoms in total. The molecule has 0 aromatic rings. The zero-order valence-electron chi connectivity index (χ0n) is 8.11. The summed E-state index contributed by atoms with van der Waals surface area (Å²) in [5.74, 6) is 0.337. The predicted molar refractivity (Wildman–Crippen MR) is 56.7 cm³/mol. The van der Waals surface area contributed by atoms with Gasteiger partial charge in [-0.3, -0.25) is 9.69 Å². The van der Waals surface area contributed by atoms with E-state index in [1.165, 1.54) is 0 Å². The van der Waals surface area contributed by atoms with E-state index in [4.69, 9.17) is 5.11 Å². The Bertz CT molecular complexity index is 219. The highest BCUT2D eigenvalue weighted by molar-refractivity contribution is 8.00. The summed E-state index contributed by atoms with van der Waals surface area (Å²) < 4.78 is 0. The van der Waals surface area contributed by atoms with Crippen molar-refractivity contribution in [3.63, 3.8) is 0 Å². The Balaban J connectivity index is 1.85. The molecule has 0 spiro atoms. The number of aliphatic carboxylic acids is 1. The van der Waals surface area contributed by atoms with Crippen molar-refractivity contribution in [2.75, 3.05) is 31.9 Å². The van der Waals surface area contributed by atoms with Crippen molar-refractivity contribution in [3.05, 3.63) is 0 Å². The summed E-state index contributed by atoms with van der Waals surface area (Å²) in [5.41, 5.74) is 0. The molecule has 0 bridgehead atoms. The van der Waals surface area contributed by atoms with Gasteiger partial charge in [0, 0.05) is 38.0 Å². The third-order valence-electron chi connectivity index (χ3n) is 2.92. The van der Waals surface area contributed by atoms with Gasteiger partial charge in [-0.05, 0) is 6.42 Å². The molecular formula is C9H16N2O2S. The lowest BCUT2D eigenvalue weighted by Gasteiger charge is -2.32. The van der Waals surface area contributed by atoms with Crippen molar-refractivity contribution in [1.29, 1.82) is 0 Å². The molecule has 0 aromatic heterocycles. The van der Waals surface area contributed by atoms with Crippen LogP contribution < -0.4 is 5.32 Å². The standard InChI is InChI=1S/C9H16N2O2S/c12-9(13)8-5-7(6-14-8)11-3-1-10-2-4-11/h7-8,10H,1-6H2,(H,12,13). The van der Waals surface area contributed by atoms with Crippen LogP contribution in [0.5, 0.6) is 0 Å². The van der Waals surface area contributed by atoms with Crippen molar-refractivity contribution in [1.82, 2.24) is 10.2 Å². The summed E-state index contributed by atoms with van der Waals surface area (Å²) in [7, 11) is 0. The zero-order chi connectivity index (χ0) is 9.97. The Morgan fingerprint density at radius 1 is 1.43 bits per heavy atom.